The Morgan fingerprint density at radius 2 is 2.14 bits per heavy atom. The maximum atomic E-state index is 11.0. The van der Waals surface area contributed by atoms with Crippen molar-refractivity contribution in [3.63, 3.8) is 0 Å². The van der Waals surface area contributed by atoms with Gasteiger partial charge < -0.3 is 5.11 Å². The predicted molar refractivity (Wildman–Crippen MR) is 56.2 cm³/mol. The molecule has 1 atom stereocenters. The van der Waals surface area contributed by atoms with Crippen molar-refractivity contribution in [1.82, 2.24) is 0 Å². The molecule has 0 heterocycles. The summed E-state index contributed by atoms with van der Waals surface area (Å²) in [4.78, 5) is 11.0. The van der Waals surface area contributed by atoms with E-state index in [2.05, 4.69) is 6.92 Å². The summed E-state index contributed by atoms with van der Waals surface area (Å²) < 4.78 is 0. The normalized spacial score (nSPS) is 12.4. The summed E-state index contributed by atoms with van der Waals surface area (Å²) in [5.41, 5.74) is 1.65. The molecule has 0 fully saturated rings. The first-order valence-electron chi connectivity index (χ1n) is 4.80. The van der Waals surface area contributed by atoms with Crippen LogP contribution in [-0.2, 0) is 4.79 Å². The van der Waals surface area contributed by atoms with Crippen LogP contribution in [0.25, 0.3) is 0 Å². The van der Waals surface area contributed by atoms with Crippen molar-refractivity contribution in [1.29, 1.82) is 0 Å². The quantitative estimate of drug-likeness (QED) is 0.794. The van der Waals surface area contributed by atoms with Crippen LogP contribution in [0.2, 0.25) is 0 Å². The average Bonchev–Trinajstić information content (AvgIpc) is 2.15. The Hall–Kier alpha value is -1.31. The van der Waals surface area contributed by atoms with Crippen molar-refractivity contribution in [3.8, 4) is 0 Å². The number of carboxylic acid groups (broad SMARTS) is 1. The molecular weight excluding hydrogens is 176 g/mol. The molecule has 1 rings (SSSR count). The summed E-state index contributed by atoms with van der Waals surface area (Å²) in [7, 11) is 0. The van der Waals surface area contributed by atoms with E-state index in [9.17, 15) is 4.79 Å². The average molecular weight is 191 g/mol. The van der Waals surface area contributed by atoms with Crippen molar-refractivity contribution in [2.45, 2.75) is 25.7 Å². The van der Waals surface area contributed by atoms with E-state index in [4.69, 9.17) is 5.11 Å². The van der Waals surface area contributed by atoms with Gasteiger partial charge in [-0.25, -0.2) is 0 Å². The SMILES string of the molecule is [CH2]c1ccccc1C(CCC)C(=O)O. The highest BCUT2D eigenvalue weighted by Crippen LogP contribution is 2.24. The van der Waals surface area contributed by atoms with Crippen LogP contribution in [-0.4, -0.2) is 11.1 Å². The van der Waals surface area contributed by atoms with Gasteiger partial charge in [0.2, 0.25) is 0 Å². The summed E-state index contributed by atoms with van der Waals surface area (Å²) in [6.45, 7) is 5.83. The van der Waals surface area contributed by atoms with Gasteiger partial charge in [0, 0.05) is 0 Å². The fraction of sp³-hybridized carbons (Fsp3) is 0.333. The van der Waals surface area contributed by atoms with E-state index in [0.29, 0.717) is 6.42 Å². The van der Waals surface area contributed by atoms with Gasteiger partial charge in [0.25, 0.3) is 0 Å². The van der Waals surface area contributed by atoms with Crippen molar-refractivity contribution in [2.75, 3.05) is 0 Å². The van der Waals surface area contributed by atoms with Gasteiger partial charge in [-0.1, -0.05) is 37.6 Å². The third kappa shape index (κ3) is 2.34. The van der Waals surface area contributed by atoms with E-state index in [1.807, 2.05) is 31.2 Å². The molecule has 75 valence electrons. The number of hydrogen-bond acceptors (Lipinski definition) is 1. The molecule has 1 N–H and O–H groups in total. The molecule has 1 unspecified atom stereocenters. The zero-order chi connectivity index (χ0) is 10.6. The molecule has 0 aliphatic carbocycles. The molecule has 14 heavy (non-hydrogen) atoms. The number of benzene rings is 1. The van der Waals surface area contributed by atoms with Crippen molar-refractivity contribution in [2.24, 2.45) is 0 Å². The zero-order valence-corrected chi connectivity index (χ0v) is 8.36. The highest BCUT2D eigenvalue weighted by molar-refractivity contribution is 5.76. The van der Waals surface area contributed by atoms with Crippen LogP contribution in [0.4, 0.5) is 0 Å². The van der Waals surface area contributed by atoms with Gasteiger partial charge in [-0.15, -0.1) is 0 Å². The van der Waals surface area contributed by atoms with Gasteiger partial charge in [0.15, 0.2) is 0 Å². The van der Waals surface area contributed by atoms with Gasteiger partial charge in [0.1, 0.15) is 0 Å². The van der Waals surface area contributed by atoms with Crippen molar-refractivity contribution in [3.05, 3.63) is 42.3 Å². The number of aliphatic carboxylic acids is 1. The maximum Gasteiger partial charge on any atom is 0.310 e. The fourth-order valence-corrected chi connectivity index (χ4v) is 1.57. The minimum atomic E-state index is -0.761. The van der Waals surface area contributed by atoms with Gasteiger partial charge in [-0.2, -0.15) is 0 Å². The molecule has 0 aliphatic heterocycles. The van der Waals surface area contributed by atoms with Crippen molar-refractivity contribution >= 4 is 5.97 Å². The minimum Gasteiger partial charge on any atom is -0.481 e. The van der Waals surface area contributed by atoms with Gasteiger partial charge >= 0.3 is 5.97 Å². The predicted octanol–water partition coefficient (Wildman–Crippen LogP) is 2.84. The molecule has 1 aromatic carbocycles. The van der Waals surface area contributed by atoms with Crippen LogP contribution in [0.15, 0.2) is 24.3 Å². The monoisotopic (exact) mass is 191 g/mol. The lowest BCUT2D eigenvalue weighted by Gasteiger charge is -2.13. The first kappa shape index (κ1) is 10.8. The summed E-state index contributed by atoms with van der Waals surface area (Å²) >= 11 is 0. The Bertz CT molecular complexity index is 318. The minimum absolute atomic E-state index is 0.409. The second-order valence-corrected chi connectivity index (χ2v) is 3.38. The lowest BCUT2D eigenvalue weighted by Crippen LogP contribution is -2.12. The van der Waals surface area contributed by atoms with Crippen LogP contribution in [0.1, 0.15) is 36.8 Å². The molecule has 0 spiro atoms. The number of carboxylic acids is 1. The zero-order valence-electron chi connectivity index (χ0n) is 8.36. The van der Waals surface area contributed by atoms with E-state index in [-0.39, 0.29) is 0 Å². The van der Waals surface area contributed by atoms with E-state index in [0.717, 1.165) is 17.5 Å². The molecule has 0 saturated heterocycles. The molecule has 2 heteroatoms. The fourth-order valence-electron chi connectivity index (χ4n) is 1.57. The molecular formula is C12H15O2. The van der Waals surface area contributed by atoms with E-state index in [1.165, 1.54) is 0 Å². The molecule has 0 saturated carbocycles. The molecule has 0 bridgehead atoms. The first-order valence-corrected chi connectivity index (χ1v) is 4.80. The lowest BCUT2D eigenvalue weighted by atomic mass is 9.91. The van der Waals surface area contributed by atoms with E-state index in [1.54, 1.807) is 0 Å². The van der Waals surface area contributed by atoms with Crippen LogP contribution in [0.3, 0.4) is 0 Å². The Kier molecular flexibility index (Phi) is 3.69. The number of hydrogen-bond donors (Lipinski definition) is 1. The molecule has 1 radical (unpaired) electrons. The smallest absolute Gasteiger partial charge is 0.310 e. The summed E-state index contributed by atoms with van der Waals surface area (Å²) in [6.07, 6.45) is 1.53. The second kappa shape index (κ2) is 4.80. The molecule has 0 aromatic heterocycles. The van der Waals surface area contributed by atoms with Crippen LogP contribution < -0.4 is 0 Å². The topological polar surface area (TPSA) is 37.3 Å². The third-order valence-corrected chi connectivity index (χ3v) is 2.31. The highest BCUT2D eigenvalue weighted by Gasteiger charge is 2.19. The van der Waals surface area contributed by atoms with Crippen LogP contribution in [0.5, 0.6) is 0 Å². The summed E-state index contributed by atoms with van der Waals surface area (Å²) in [6, 6.07) is 7.42. The Morgan fingerprint density at radius 1 is 1.50 bits per heavy atom. The van der Waals surface area contributed by atoms with Gasteiger partial charge in [0.05, 0.1) is 5.92 Å². The molecule has 2 nitrogen and oxygen atoms in total. The summed E-state index contributed by atoms with van der Waals surface area (Å²) in [5, 5.41) is 9.05. The van der Waals surface area contributed by atoms with Crippen LogP contribution >= 0.6 is 0 Å². The Morgan fingerprint density at radius 3 is 2.64 bits per heavy atom. The maximum absolute atomic E-state index is 11.0. The number of carbonyl (C=O) groups is 1. The largest absolute Gasteiger partial charge is 0.481 e. The molecule has 1 aromatic rings. The van der Waals surface area contributed by atoms with Gasteiger partial charge in [-0.05, 0) is 24.5 Å². The molecule has 0 aliphatic rings. The summed E-state index contributed by atoms with van der Waals surface area (Å²) in [5.74, 6) is -1.17. The van der Waals surface area contributed by atoms with E-state index >= 15 is 0 Å². The van der Waals surface area contributed by atoms with Crippen molar-refractivity contribution < 1.29 is 9.90 Å². The third-order valence-electron chi connectivity index (χ3n) is 2.31. The second-order valence-electron chi connectivity index (χ2n) is 3.38. The molecule has 0 amide bonds. The first-order chi connectivity index (χ1) is 6.66. The standard InChI is InChI=1S/C12H15O2/c1-3-6-11(12(13)14)10-8-5-4-7-9(10)2/h4-5,7-8,11H,2-3,6H2,1H3,(H,13,14). The van der Waals surface area contributed by atoms with E-state index < -0.39 is 11.9 Å². The van der Waals surface area contributed by atoms with Crippen LogP contribution in [0, 0.1) is 6.92 Å². The highest BCUT2D eigenvalue weighted by atomic mass is 16.4. The lowest BCUT2D eigenvalue weighted by molar-refractivity contribution is -0.139. The number of rotatable bonds is 4. The Labute approximate surface area is 84.6 Å². The Balaban J connectivity index is 2.99. The van der Waals surface area contributed by atoms with Gasteiger partial charge in [-0.3, -0.25) is 4.79 Å².